The zero-order valence-corrected chi connectivity index (χ0v) is 18.5. The summed E-state index contributed by atoms with van der Waals surface area (Å²) in [4.78, 5) is 25.7. The van der Waals surface area contributed by atoms with Gasteiger partial charge in [0.2, 0.25) is 5.91 Å². The number of amides is 1. The average molecular weight is 469 g/mol. The first-order valence-electron chi connectivity index (χ1n) is 11.8. The third-order valence-corrected chi connectivity index (χ3v) is 7.68. The van der Waals surface area contributed by atoms with Gasteiger partial charge in [-0.1, -0.05) is 6.42 Å². The van der Waals surface area contributed by atoms with Crippen LogP contribution in [0.4, 0.5) is 5.82 Å². The lowest BCUT2D eigenvalue weighted by Gasteiger charge is -2.24. The fourth-order valence-corrected chi connectivity index (χ4v) is 6.01. The summed E-state index contributed by atoms with van der Waals surface area (Å²) < 4.78 is 3.31. The third-order valence-electron chi connectivity index (χ3n) is 7.68. The molecule has 3 aliphatic rings. The quantitative estimate of drug-likeness (QED) is 0.328. The Kier molecular flexibility index (Phi) is 5.23. The molecule has 2 bridgehead atoms. The lowest BCUT2D eigenvalue weighted by atomic mass is 9.95. The highest BCUT2D eigenvalue weighted by atomic mass is 16.3. The summed E-state index contributed by atoms with van der Waals surface area (Å²) in [5, 5.41) is 40.8. The maximum Gasteiger partial charge on any atom is 0.254 e. The molecule has 1 amide bonds. The molecule has 0 saturated heterocycles. The van der Waals surface area contributed by atoms with Crippen LogP contribution in [0.5, 0.6) is 0 Å². The van der Waals surface area contributed by atoms with Crippen molar-refractivity contribution in [3.63, 3.8) is 0 Å². The van der Waals surface area contributed by atoms with Crippen molar-refractivity contribution in [2.45, 2.75) is 62.4 Å². The number of anilines is 1. The number of nitrogens with zero attached hydrogens (tertiary/aromatic N) is 6. The van der Waals surface area contributed by atoms with Crippen molar-refractivity contribution in [1.82, 2.24) is 34.6 Å². The number of carbonyl (C=O) groups excluding carboxylic acids is 1. The lowest BCUT2D eigenvalue weighted by Crippen LogP contribution is -2.44. The number of aliphatic hydroxyl groups excluding tert-OH is 3. The van der Waals surface area contributed by atoms with E-state index < -0.39 is 36.8 Å². The predicted octanol–water partition coefficient (Wildman–Crippen LogP) is -0.244. The molecule has 34 heavy (non-hydrogen) atoms. The summed E-state index contributed by atoms with van der Waals surface area (Å²) >= 11 is 0. The Morgan fingerprint density at radius 2 is 2.00 bits per heavy atom. The van der Waals surface area contributed by atoms with E-state index in [1.54, 1.807) is 34.0 Å². The van der Waals surface area contributed by atoms with Crippen molar-refractivity contribution >= 4 is 22.9 Å². The van der Waals surface area contributed by atoms with E-state index >= 15 is 0 Å². The maximum absolute atomic E-state index is 11.7. The number of nitrogens with one attached hydrogen (secondary N) is 2. The van der Waals surface area contributed by atoms with Crippen LogP contribution in [0.3, 0.4) is 0 Å². The largest absolute Gasteiger partial charge is 0.388 e. The van der Waals surface area contributed by atoms with Crippen molar-refractivity contribution in [3.8, 4) is 5.95 Å². The molecule has 3 aromatic heterocycles. The van der Waals surface area contributed by atoms with Crippen LogP contribution in [0.2, 0.25) is 0 Å². The van der Waals surface area contributed by atoms with Gasteiger partial charge in [-0.25, -0.2) is 9.67 Å². The maximum atomic E-state index is 11.7. The first-order chi connectivity index (χ1) is 16.5. The normalized spacial score (nSPS) is 32.5. The molecule has 0 spiro atoms. The topological polar surface area (TPSA) is 163 Å². The number of carbonyl (C=O) groups is 1. The summed E-state index contributed by atoms with van der Waals surface area (Å²) in [6, 6.07) is 0.861. The van der Waals surface area contributed by atoms with Crippen LogP contribution in [0, 0.1) is 11.8 Å². The number of fused-ring (bicyclic) bond motifs is 3. The van der Waals surface area contributed by atoms with Crippen LogP contribution in [-0.4, -0.2) is 81.4 Å². The molecule has 0 radical (unpaired) electrons. The molecule has 7 atom stereocenters. The highest BCUT2D eigenvalue weighted by Gasteiger charge is 2.44. The highest BCUT2D eigenvalue weighted by molar-refractivity contribution is 5.84. The molecule has 180 valence electrons. The SMILES string of the molecule is O=C(CO)N[C@H]1C[C@@H](n2cnc3c(NC4CC5CCC4C5)nc(-n4cccn4)nc32)[C@H](O)[C@@H]1O. The Bertz CT molecular complexity index is 1200. The van der Waals surface area contributed by atoms with Crippen molar-refractivity contribution < 1.29 is 20.1 Å². The van der Waals surface area contributed by atoms with Gasteiger partial charge in [0.15, 0.2) is 17.0 Å². The van der Waals surface area contributed by atoms with Crippen LogP contribution in [0.15, 0.2) is 24.8 Å². The monoisotopic (exact) mass is 468 g/mol. The van der Waals surface area contributed by atoms with E-state index in [9.17, 15) is 15.0 Å². The molecular formula is C22H28N8O4. The number of rotatable bonds is 6. The van der Waals surface area contributed by atoms with Gasteiger partial charge >= 0.3 is 0 Å². The smallest absolute Gasteiger partial charge is 0.254 e. The van der Waals surface area contributed by atoms with Crippen molar-refractivity contribution in [2.75, 3.05) is 11.9 Å². The summed E-state index contributed by atoms with van der Waals surface area (Å²) in [5.41, 5.74) is 1.10. The Morgan fingerprint density at radius 1 is 1.12 bits per heavy atom. The number of aliphatic hydroxyl groups is 3. The second-order valence-corrected chi connectivity index (χ2v) is 9.69. The number of hydrogen-bond donors (Lipinski definition) is 5. The minimum absolute atomic E-state index is 0.260. The minimum Gasteiger partial charge on any atom is -0.388 e. The molecule has 12 heteroatoms. The lowest BCUT2D eigenvalue weighted by molar-refractivity contribution is -0.125. The fraction of sp³-hybridized carbons (Fsp3) is 0.591. The van der Waals surface area contributed by atoms with Gasteiger partial charge in [-0.3, -0.25) is 4.79 Å². The Hall–Kier alpha value is -3.09. The van der Waals surface area contributed by atoms with Gasteiger partial charge in [-0.15, -0.1) is 0 Å². The highest BCUT2D eigenvalue weighted by Crippen LogP contribution is 2.46. The summed E-state index contributed by atoms with van der Waals surface area (Å²) in [6.07, 6.45) is 7.83. The first kappa shape index (κ1) is 21.4. The Morgan fingerprint density at radius 3 is 2.71 bits per heavy atom. The van der Waals surface area contributed by atoms with Gasteiger partial charge in [-0.2, -0.15) is 15.1 Å². The number of aromatic nitrogens is 6. The summed E-state index contributed by atoms with van der Waals surface area (Å²) in [6.45, 7) is -0.684. The first-order valence-corrected chi connectivity index (χ1v) is 11.8. The zero-order valence-electron chi connectivity index (χ0n) is 18.5. The third kappa shape index (κ3) is 3.53. The van der Waals surface area contributed by atoms with Crippen molar-refractivity contribution in [3.05, 3.63) is 24.8 Å². The van der Waals surface area contributed by atoms with E-state index in [4.69, 9.17) is 15.1 Å². The predicted molar refractivity (Wildman–Crippen MR) is 120 cm³/mol. The van der Waals surface area contributed by atoms with Gasteiger partial charge < -0.3 is 30.5 Å². The molecule has 3 aromatic rings. The van der Waals surface area contributed by atoms with Crippen molar-refractivity contribution in [1.29, 1.82) is 0 Å². The van der Waals surface area contributed by atoms with Crippen LogP contribution >= 0.6 is 0 Å². The molecule has 6 rings (SSSR count). The summed E-state index contributed by atoms with van der Waals surface area (Å²) in [7, 11) is 0. The molecule has 3 fully saturated rings. The van der Waals surface area contributed by atoms with E-state index in [-0.39, 0.29) is 6.42 Å². The molecule has 3 heterocycles. The second-order valence-electron chi connectivity index (χ2n) is 9.69. The van der Waals surface area contributed by atoms with E-state index in [2.05, 4.69) is 20.7 Å². The molecule has 3 unspecified atom stereocenters. The van der Waals surface area contributed by atoms with Gasteiger partial charge in [-0.05, 0) is 43.6 Å². The van der Waals surface area contributed by atoms with E-state index in [1.807, 2.05) is 0 Å². The van der Waals surface area contributed by atoms with Crippen molar-refractivity contribution in [2.24, 2.45) is 11.8 Å². The van der Waals surface area contributed by atoms with Crippen LogP contribution in [-0.2, 0) is 4.79 Å². The molecule has 0 aliphatic heterocycles. The number of hydrogen-bond acceptors (Lipinski definition) is 9. The second kappa shape index (κ2) is 8.29. The Balaban J connectivity index is 1.38. The van der Waals surface area contributed by atoms with Gasteiger partial charge in [0.1, 0.15) is 18.8 Å². The molecular weight excluding hydrogens is 440 g/mol. The van der Waals surface area contributed by atoms with Gasteiger partial charge in [0, 0.05) is 18.4 Å². The molecule has 0 aromatic carbocycles. The number of imidazole rings is 1. The molecule has 3 saturated carbocycles. The standard InChI is InChI=1S/C22H28N8O4/c31-9-16(32)25-14-8-15(19(34)18(14)33)29-10-23-17-20(26-13-7-11-2-3-12(13)6-11)27-22(28-21(17)29)30-5-1-4-24-30/h1,4-5,10-15,18-19,31,33-34H,2-3,6-9H2,(H,25,32)(H,26,27,28)/t11?,12?,13?,14-,15+,18+,19-/m0/s1. The van der Waals surface area contributed by atoms with E-state index in [0.29, 0.717) is 34.9 Å². The molecule has 5 N–H and O–H groups in total. The zero-order chi connectivity index (χ0) is 23.4. The summed E-state index contributed by atoms with van der Waals surface area (Å²) in [5.74, 6) is 1.80. The van der Waals surface area contributed by atoms with E-state index in [0.717, 1.165) is 12.3 Å². The fourth-order valence-electron chi connectivity index (χ4n) is 6.01. The molecule has 12 nitrogen and oxygen atoms in total. The van der Waals surface area contributed by atoms with Crippen LogP contribution in [0.1, 0.15) is 38.1 Å². The van der Waals surface area contributed by atoms with E-state index in [1.165, 1.54) is 19.3 Å². The Labute approximate surface area is 195 Å². The average Bonchev–Trinajstić information content (AvgIpc) is 3.66. The van der Waals surface area contributed by atoms with Crippen LogP contribution in [0.25, 0.3) is 17.1 Å². The van der Waals surface area contributed by atoms with Gasteiger partial charge in [0.05, 0.1) is 18.4 Å². The van der Waals surface area contributed by atoms with Crippen LogP contribution < -0.4 is 10.6 Å². The van der Waals surface area contributed by atoms with Gasteiger partial charge in [0.25, 0.3) is 5.95 Å². The minimum atomic E-state index is -1.18. The molecule has 3 aliphatic carbocycles.